The normalized spacial score (nSPS) is 21.6. The molecule has 2 aromatic rings. The fourth-order valence-corrected chi connectivity index (χ4v) is 3.21. The maximum atomic E-state index is 3.72. The molecule has 0 aromatic heterocycles. The monoisotopic (exact) mass is 251 g/mol. The van der Waals surface area contributed by atoms with Crippen molar-refractivity contribution in [1.29, 1.82) is 0 Å². The molecule has 0 radical (unpaired) electrons. The molecule has 0 amide bonds. The largest absolute Gasteiger partial charge is 0.378 e. The van der Waals surface area contributed by atoms with Crippen molar-refractivity contribution in [2.24, 2.45) is 5.92 Å². The molecule has 3 rings (SSSR count). The predicted molar refractivity (Wildman–Crippen MR) is 81.6 cm³/mol. The Balaban J connectivity index is 1.98. The third kappa shape index (κ3) is 2.37. The van der Waals surface area contributed by atoms with E-state index in [9.17, 15) is 0 Å². The van der Waals surface area contributed by atoms with Crippen molar-refractivity contribution in [1.82, 2.24) is 0 Å². The molecule has 1 heterocycles. The van der Waals surface area contributed by atoms with Crippen molar-refractivity contribution >= 4 is 5.69 Å². The van der Waals surface area contributed by atoms with E-state index in [4.69, 9.17) is 0 Å². The molecule has 2 unspecified atom stereocenters. The molecule has 1 aliphatic heterocycles. The summed E-state index contributed by atoms with van der Waals surface area (Å²) in [7, 11) is 0. The molecule has 0 bridgehead atoms. The predicted octanol–water partition coefficient (Wildman–Crippen LogP) is 4.65. The van der Waals surface area contributed by atoms with Gasteiger partial charge in [-0.15, -0.1) is 0 Å². The second-order valence-corrected chi connectivity index (χ2v) is 5.88. The fraction of sp³-hybridized carbons (Fsp3) is 0.333. The zero-order chi connectivity index (χ0) is 13.4. The van der Waals surface area contributed by atoms with Gasteiger partial charge in [-0.2, -0.15) is 0 Å². The molecule has 1 aliphatic rings. The van der Waals surface area contributed by atoms with Gasteiger partial charge in [0.25, 0.3) is 0 Å². The summed E-state index contributed by atoms with van der Waals surface area (Å²) in [6, 6.07) is 16.0. The Hall–Kier alpha value is -1.76. The van der Waals surface area contributed by atoms with Gasteiger partial charge in [-0.25, -0.2) is 0 Å². The first kappa shape index (κ1) is 12.3. The average Bonchev–Trinajstić information content (AvgIpc) is 2.36. The number of aryl methyl sites for hydroxylation is 2. The topological polar surface area (TPSA) is 12.0 Å². The van der Waals surface area contributed by atoms with Crippen molar-refractivity contribution in [3.63, 3.8) is 0 Å². The number of benzene rings is 2. The molecule has 0 aliphatic carbocycles. The smallest absolute Gasteiger partial charge is 0.0542 e. The lowest BCUT2D eigenvalue weighted by atomic mass is 9.84. The summed E-state index contributed by atoms with van der Waals surface area (Å²) in [6.45, 7) is 6.70. The summed E-state index contributed by atoms with van der Waals surface area (Å²) in [6.07, 6.45) is 1.15. The van der Waals surface area contributed by atoms with Gasteiger partial charge in [-0.1, -0.05) is 54.4 Å². The number of hydrogen-bond acceptors (Lipinski definition) is 1. The number of anilines is 1. The second-order valence-electron chi connectivity index (χ2n) is 5.88. The van der Waals surface area contributed by atoms with Crippen molar-refractivity contribution in [3.05, 3.63) is 64.7 Å². The number of para-hydroxylation sites is 1. The Labute approximate surface area is 115 Å². The highest BCUT2D eigenvalue weighted by Gasteiger charge is 2.25. The summed E-state index contributed by atoms with van der Waals surface area (Å²) in [4.78, 5) is 0. The molecule has 0 fully saturated rings. The lowest BCUT2D eigenvalue weighted by Crippen LogP contribution is -2.26. The van der Waals surface area contributed by atoms with Crippen LogP contribution in [0.25, 0.3) is 0 Å². The average molecular weight is 251 g/mol. The molecule has 1 N–H and O–H groups in total. The van der Waals surface area contributed by atoms with Gasteiger partial charge in [0.15, 0.2) is 0 Å². The van der Waals surface area contributed by atoms with Gasteiger partial charge >= 0.3 is 0 Å². The third-order valence-corrected chi connectivity index (χ3v) is 4.04. The maximum Gasteiger partial charge on any atom is 0.0542 e. The quantitative estimate of drug-likeness (QED) is 0.778. The van der Waals surface area contributed by atoms with Crippen LogP contribution >= 0.6 is 0 Å². The lowest BCUT2D eigenvalue weighted by Gasteiger charge is -2.33. The van der Waals surface area contributed by atoms with E-state index in [-0.39, 0.29) is 0 Å². The summed E-state index contributed by atoms with van der Waals surface area (Å²) in [5.74, 6) is 0.621. The first-order chi connectivity index (χ1) is 9.13. The Morgan fingerprint density at radius 1 is 1.00 bits per heavy atom. The Kier molecular flexibility index (Phi) is 3.06. The van der Waals surface area contributed by atoms with Gasteiger partial charge in [-0.3, -0.25) is 0 Å². The summed E-state index contributed by atoms with van der Waals surface area (Å²) < 4.78 is 0. The van der Waals surface area contributed by atoms with Crippen LogP contribution < -0.4 is 5.32 Å². The molecule has 0 saturated carbocycles. The van der Waals surface area contributed by atoms with Crippen LogP contribution in [0.3, 0.4) is 0 Å². The van der Waals surface area contributed by atoms with Crippen LogP contribution in [0.2, 0.25) is 0 Å². The van der Waals surface area contributed by atoms with Crippen LogP contribution in [0, 0.1) is 19.8 Å². The molecule has 2 atom stereocenters. The van der Waals surface area contributed by atoms with Crippen LogP contribution in [-0.2, 0) is 6.42 Å². The molecular weight excluding hydrogens is 230 g/mol. The molecule has 0 saturated heterocycles. The van der Waals surface area contributed by atoms with Crippen LogP contribution in [0.15, 0.2) is 42.5 Å². The zero-order valence-corrected chi connectivity index (χ0v) is 11.9. The highest BCUT2D eigenvalue weighted by atomic mass is 14.9. The van der Waals surface area contributed by atoms with Crippen LogP contribution in [0.1, 0.15) is 35.2 Å². The maximum absolute atomic E-state index is 3.72. The summed E-state index contributed by atoms with van der Waals surface area (Å²) >= 11 is 0. The van der Waals surface area contributed by atoms with E-state index in [2.05, 4.69) is 68.6 Å². The van der Waals surface area contributed by atoms with Crippen LogP contribution in [-0.4, -0.2) is 0 Å². The van der Waals surface area contributed by atoms with Crippen molar-refractivity contribution < 1.29 is 0 Å². The SMILES string of the molecule is Cc1cc(C)cc(C2Nc3ccccc3CC2C)c1. The van der Waals surface area contributed by atoms with Crippen molar-refractivity contribution in [2.45, 2.75) is 33.2 Å². The van der Waals surface area contributed by atoms with Crippen LogP contribution in [0.5, 0.6) is 0 Å². The van der Waals surface area contributed by atoms with E-state index in [1.807, 2.05) is 0 Å². The molecule has 2 aromatic carbocycles. The Bertz CT molecular complexity index is 580. The molecule has 0 spiro atoms. The highest BCUT2D eigenvalue weighted by molar-refractivity contribution is 5.55. The first-order valence-electron chi connectivity index (χ1n) is 7.06. The van der Waals surface area contributed by atoms with Gasteiger partial charge < -0.3 is 5.32 Å². The van der Waals surface area contributed by atoms with E-state index in [1.165, 1.54) is 27.9 Å². The minimum Gasteiger partial charge on any atom is -0.378 e. The van der Waals surface area contributed by atoms with Gasteiger partial charge in [0.05, 0.1) is 6.04 Å². The number of fused-ring (bicyclic) bond motifs is 1. The summed E-state index contributed by atoms with van der Waals surface area (Å²) in [5.41, 5.74) is 6.85. The number of nitrogens with one attached hydrogen (secondary N) is 1. The Morgan fingerprint density at radius 2 is 1.68 bits per heavy atom. The summed E-state index contributed by atoms with van der Waals surface area (Å²) in [5, 5.41) is 3.72. The van der Waals surface area contributed by atoms with Crippen molar-refractivity contribution in [3.8, 4) is 0 Å². The lowest BCUT2D eigenvalue weighted by molar-refractivity contribution is 0.479. The van der Waals surface area contributed by atoms with Gasteiger partial charge in [-0.05, 0) is 43.4 Å². The standard InChI is InChI=1S/C18H21N/c1-12-8-13(2)10-16(9-12)18-14(3)11-15-6-4-5-7-17(15)19-18/h4-10,14,18-19H,11H2,1-3H3. The number of hydrogen-bond donors (Lipinski definition) is 1. The second kappa shape index (κ2) is 4.73. The van der Waals surface area contributed by atoms with Crippen molar-refractivity contribution in [2.75, 3.05) is 5.32 Å². The minimum absolute atomic E-state index is 0.425. The van der Waals surface area contributed by atoms with Gasteiger partial charge in [0.2, 0.25) is 0 Å². The zero-order valence-electron chi connectivity index (χ0n) is 11.9. The van der Waals surface area contributed by atoms with E-state index < -0.39 is 0 Å². The molecule has 98 valence electrons. The molecule has 19 heavy (non-hydrogen) atoms. The van der Waals surface area contributed by atoms with E-state index in [1.54, 1.807) is 0 Å². The van der Waals surface area contributed by atoms with Gasteiger partial charge in [0.1, 0.15) is 0 Å². The molecular formula is C18H21N. The third-order valence-electron chi connectivity index (χ3n) is 4.04. The van der Waals surface area contributed by atoms with Crippen LogP contribution in [0.4, 0.5) is 5.69 Å². The minimum atomic E-state index is 0.425. The van der Waals surface area contributed by atoms with E-state index in [0.29, 0.717) is 12.0 Å². The van der Waals surface area contributed by atoms with E-state index in [0.717, 1.165) is 6.42 Å². The molecule has 1 heteroatoms. The first-order valence-corrected chi connectivity index (χ1v) is 7.06. The Morgan fingerprint density at radius 3 is 2.42 bits per heavy atom. The van der Waals surface area contributed by atoms with Gasteiger partial charge in [0, 0.05) is 5.69 Å². The fourth-order valence-electron chi connectivity index (χ4n) is 3.21. The molecule has 1 nitrogen and oxygen atoms in total. The highest BCUT2D eigenvalue weighted by Crippen LogP contribution is 2.36. The van der Waals surface area contributed by atoms with E-state index >= 15 is 0 Å². The number of rotatable bonds is 1.